The first kappa shape index (κ1) is 15.7. The Bertz CT molecular complexity index is 726. The Labute approximate surface area is 137 Å². The second-order valence-electron chi connectivity index (χ2n) is 5.59. The lowest BCUT2D eigenvalue weighted by Gasteiger charge is -2.22. The highest BCUT2D eigenvalue weighted by atomic mass is 32.1. The van der Waals surface area contributed by atoms with Crippen LogP contribution in [0.25, 0.3) is 0 Å². The first-order valence-corrected chi connectivity index (χ1v) is 8.23. The largest absolute Gasteiger partial charge is 0.349 e. The molecule has 0 bridgehead atoms. The molecule has 0 spiro atoms. The van der Waals surface area contributed by atoms with E-state index >= 15 is 0 Å². The smallest absolute Gasteiger partial charge is 0.333 e. The van der Waals surface area contributed by atoms with E-state index in [1.807, 2.05) is 11.8 Å². The van der Waals surface area contributed by atoms with Crippen molar-refractivity contribution in [2.24, 2.45) is 7.05 Å². The molecule has 2 aromatic rings. The maximum atomic E-state index is 11.4. The molecule has 1 fully saturated rings. The predicted octanol–water partition coefficient (Wildman–Crippen LogP) is 1.51. The van der Waals surface area contributed by atoms with Crippen molar-refractivity contribution in [2.75, 3.05) is 36.0 Å². The third kappa shape index (κ3) is 2.98. The second-order valence-corrected chi connectivity index (χ2v) is 6.32. The van der Waals surface area contributed by atoms with Crippen LogP contribution in [-0.2, 0) is 7.05 Å². The summed E-state index contributed by atoms with van der Waals surface area (Å²) in [6.45, 7) is 6.64. The van der Waals surface area contributed by atoms with E-state index in [0.717, 1.165) is 37.0 Å². The standard InChI is InChI=1S/C13H19N7O2S/c1-9-11(20(21)22)12(17(3)15-9)18-5-4-6-19(8-7-18)13-14-10(2)16-23-13/h4-8H2,1-3H3. The number of hydrogen-bond acceptors (Lipinski definition) is 8. The molecular weight excluding hydrogens is 318 g/mol. The van der Waals surface area contributed by atoms with Crippen molar-refractivity contribution in [3.05, 3.63) is 21.6 Å². The first-order chi connectivity index (χ1) is 11.0. The van der Waals surface area contributed by atoms with Gasteiger partial charge in [0.25, 0.3) is 0 Å². The maximum absolute atomic E-state index is 11.4. The SMILES string of the molecule is Cc1nsc(N2CCCN(c3c([N+](=O)[O-])c(C)nn3C)CC2)n1. The van der Waals surface area contributed by atoms with Gasteiger partial charge in [-0.15, -0.1) is 0 Å². The zero-order chi connectivity index (χ0) is 16.6. The van der Waals surface area contributed by atoms with Crippen molar-refractivity contribution in [2.45, 2.75) is 20.3 Å². The fourth-order valence-electron chi connectivity index (χ4n) is 2.94. The van der Waals surface area contributed by atoms with E-state index in [1.54, 1.807) is 18.7 Å². The van der Waals surface area contributed by atoms with E-state index in [-0.39, 0.29) is 10.6 Å². The Morgan fingerprint density at radius 1 is 1.17 bits per heavy atom. The molecule has 0 aromatic carbocycles. The summed E-state index contributed by atoms with van der Waals surface area (Å²) in [7, 11) is 1.76. The Morgan fingerprint density at radius 3 is 2.52 bits per heavy atom. The molecule has 2 aromatic heterocycles. The molecule has 23 heavy (non-hydrogen) atoms. The third-order valence-corrected chi connectivity index (χ3v) is 4.79. The summed E-state index contributed by atoms with van der Waals surface area (Å²) in [6.07, 6.45) is 0.903. The van der Waals surface area contributed by atoms with Gasteiger partial charge in [0.2, 0.25) is 10.9 Å². The highest BCUT2D eigenvalue weighted by Gasteiger charge is 2.29. The van der Waals surface area contributed by atoms with Crippen molar-refractivity contribution in [1.82, 2.24) is 19.1 Å². The molecule has 1 aliphatic heterocycles. The van der Waals surface area contributed by atoms with E-state index in [9.17, 15) is 10.1 Å². The van der Waals surface area contributed by atoms with Gasteiger partial charge in [0.1, 0.15) is 11.5 Å². The molecule has 0 amide bonds. The van der Waals surface area contributed by atoms with Gasteiger partial charge in [0.05, 0.1) is 4.92 Å². The number of anilines is 2. The van der Waals surface area contributed by atoms with Crippen LogP contribution in [0.1, 0.15) is 17.9 Å². The van der Waals surface area contributed by atoms with Gasteiger partial charge in [0.15, 0.2) is 0 Å². The Morgan fingerprint density at radius 2 is 1.87 bits per heavy atom. The van der Waals surface area contributed by atoms with Gasteiger partial charge in [-0.2, -0.15) is 9.47 Å². The Balaban J connectivity index is 1.82. The van der Waals surface area contributed by atoms with Gasteiger partial charge < -0.3 is 9.80 Å². The Kier molecular flexibility index (Phi) is 4.16. The summed E-state index contributed by atoms with van der Waals surface area (Å²) in [5.41, 5.74) is 0.557. The molecule has 0 radical (unpaired) electrons. The fraction of sp³-hybridized carbons (Fsp3) is 0.615. The maximum Gasteiger partial charge on any atom is 0.333 e. The molecular formula is C13H19N7O2S. The summed E-state index contributed by atoms with van der Waals surface area (Å²) in [4.78, 5) is 19.7. The van der Waals surface area contributed by atoms with Gasteiger partial charge in [-0.1, -0.05) is 0 Å². The molecule has 0 atom stereocenters. The van der Waals surface area contributed by atoms with E-state index in [2.05, 4.69) is 19.4 Å². The lowest BCUT2D eigenvalue weighted by Crippen LogP contribution is -2.32. The quantitative estimate of drug-likeness (QED) is 0.619. The molecule has 124 valence electrons. The van der Waals surface area contributed by atoms with Crippen molar-refractivity contribution in [3.63, 3.8) is 0 Å². The van der Waals surface area contributed by atoms with Crippen LogP contribution in [0.3, 0.4) is 0 Å². The minimum absolute atomic E-state index is 0.104. The minimum atomic E-state index is -0.339. The summed E-state index contributed by atoms with van der Waals surface area (Å²) in [5, 5.41) is 16.5. The number of aromatic nitrogens is 4. The van der Waals surface area contributed by atoms with Crippen LogP contribution >= 0.6 is 11.5 Å². The van der Waals surface area contributed by atoms with E-state index < -0.39 is 0 Å². The molecule has 1 aliphatic rings. The highest BCUT2D eigenvalue weighted by Crippen LogP contribution is 2.32. The van der Waals surface area contributed by atoms with Gasteiger partial charge >= 0.3 is 5.69 Å². The molecule has 0 unspecified atom stereocenters. The fourth-order valence-corrected chi connectivity index (χ4v) is 3.66. The Hall–Kier alpha value is -2.23. The highest BCUT2D eigenvalue weighted by molar-refractivity contribution is 7.09. The zero-order valence-electron chi connectivity index (χ0n) is 13.4. The lowest BCUT2D eigenvalue weighted by atomic mass is 10.3. The molecule has 0 saturated carbocycles. The average Bonchev–Trinajstić information content (AvgIpc) is 2.93. The molecule has 10 heteroatoms. The summed E-state index contributed by atoms with van der Waals surface area (Å²) in [5.74, 6) is 1.37. The van der Waals surface area contributed by atoms with Crippen molar-refractivity contribution >= 4 is 28.2 Å². The number of aryl methyl sites for hydroxylation is 3. The monoisotopic (exact) mass is 337 g/mol. The van der Waals surface area contributed by atoms with Crippen molar-refractivity contribution < 1.29 is 4.92 Å². The minimum Gasteiger partial charge on any atom is -0.349 e. The average molecular weight is 337 g/mol. The topological polar surface area (TPSA) is 93.2 Å². The molecule has 3 rings (SSSR count). The third-order valence-electron chi connectivity index (χ3n) is 3.93. The number of rotatable bonds is 3. The predicted molar refractivity (Wildman–Crippen MR) is 88.3 cm³/mol. The van der Waals surface area contributed by atoms with E-state index in [1.165, 1.54) is 11.5 Å². The van der Waals surface area contributed by atoms with Gasteiger partial charge in [0, 0.05) is 44.8 Å². The van der Waals surface area contributed by atoms with E-state index in [4.69, 9.17) is 0 Å². The second kappa shape index (κ2) is 6.11. The van der Waals surface area contributed by atoms with Crippen LogP contribution in [0.4, 0.5) is 16.6 Å². The van der Waals surface area contributed by atoms with Crippen LogP contribution < -0.4 is 9.80 Å². The van der Waals surface area contributed by atoms with Gasteiger partial charge in [-0.3, -0.25) is 10.1 Å². The van der Waals surface area contributed by atoms with Crippen LogP contribution in [0, 0.1) is 24.0 Å². The lowest BCUT2D eigenvalue weighted by molar-refractivity contribution is -0.384. The molecule has 9 nitrogen and oxygen atoms in total. The van der Waals surface area contributed by atoms with Gasteiger partial charge in [-0.05, 0) is 20.3 Å². The summed E-state index contributed by atoms with van der Waals surface area (Å²) in [6, 6.07) is 0. The first-order valence-electron chi connectivity index (χ1n) is 7.45. The zero-order valence-corrected chi connectivity index (χ0v) is 14.2. The van der Waals surface area contributed by atoms with Crippen LogP contribution in [0.15, 0.2) is 0 Å². The van der Waals surface area contributed by atoms with Crippen molar-refractivity contribution in [3.8, 4) is 0 Å². The number of hydrogen-bond donors (Lipinski definition) is 0. The van der Waals surface area contributed by atoms with E-state index in [0.29, 0.717) is 18.1 Å². The van der Waals surface area contributed by atoms with Crippen LogP contribution in [0.5, 0.6) is 0 Å². The molecule has 0 aliphatic carbocycles. The summed E-state index contributed by atoms with van der Waals surface area (Å²) >= 11 is 1.40. The molecule has 3 heterocycles. The summed E-state index contributed by atoms with van der Waals surface area (Å²) < 4.78 is 5.84. The molecule has 0 N–H and O–H groups in total. The normalized spacial score (nSPS) is 15.8. The van der Waals surface area contributed by atoms with Crippen LogP contribution in [0.2, 0.25) is 0 Å². The van der Waals surface area contributed by atoms with Crippen LogP contribution in [-0.4, -0.2) is 50.2 Å². The number of nitrogens with zero attached hydrogens (tertiary/aromatic N) is 7. The number of nitro groups is 1. The van der Waals surface area contributed by atoms with Crippen molar-refractivity contribution in [1.29, 1.82) is 0 Å². The van der Waals surface area contributed by atoms with Gasteiger partial charge in [-0.25, -0.2) is 9.67 Å². The molecule has 1 saturated heterocycles.